The number of piperidine rings is 1. The van der Waals surface area contributed by atoms with E-state index in [1.807, 2.05) is 12.4 Å². The first-order chi connectivity index (χ1) is 10.8. The molecule has 0 radical (unpaired) electrons. The van der Waals surface area contributed by atoms with E-state index in [1.165, 1.54) is 57.2 Å². The molecule has 4 heteroatoms. The summed E-state index contributed by atoms with van der Waals surface area (Å²) in [5.41, 5.74) is 1.36. The second-order valence-corrected chi connectivity index (χ2v) is 6.97. The van der Waals surface area contributed by atoms with Gasteiger partial charge in [0.15, 0.2) is 0 Å². The number of aromatic nitrogens is 1. The lowest BCUT2D eigenvalue weighted by Gasteiger charge is -2.36. The maximum atomic E-state index is 9.22. The minimum Gasteiger partial charge on any atom is -0.396 e. The highest BCUT2D eigenvalue weighted by molar-refractivity contribution is 5.09. The summed E-state index contributed by atoms with van der Waals surface area (Å²) in [6.45, 7) is 3.80. The second-order valence-electron chi connectivity index (χ2n) is 6.97. The van der Waals surface area contributed by atoms with Crippen molar-refractivity contribution in [1.82, 2.24) is 15.2 Å². The minimum absolute atomic E-state index is 0.375. The third-order valence-electron chi connectivity index (χ3n) is 5.32. The highest BCUT2D eigenvalue weighted by Crippen LogP contribution is 2.25. The monoisotopic (exact) mass is 303 g/mol. The van der Waals surface area contributed by atoms with E-state index in [1.54, 1.807) is 0 Å². The molecule has 22 heavy (non-hydrogen) atoms. The van der Waals surface area contributed by atoms with Crippen molar-refractivity contribution in [2.75, 3.05) is 19.7 Å². The Morgan fingerprint density at radius 1 is 1.00 bits per heavy atom. The van der Waals surface area contributed by atoms with Gasteiger partial charge in [0.05, 0.1) is 0 Å². The number of nitrogens with zero attached hydrogens (tertiary/aromatic N) is 2. The Morgan fingerprint density at radius 3 is 2.27 bits per heavy atom. The molecule has 1 aromatic rings. The van der Waals surface area contributed by atoms with Gasteiger partial charge in [-0.3, -0.25) is 9.88 Å². The zero-order valence-corrected chi connectivity index (χ0v) is 13.5. The molecule has 0 bridgehead atoms. The Balaban J connectivity index is 1.37. The summed E-state index contributed by atoms with van der Waals surface area (Å²) in [6.07, 6.45) is 11.1. The molecule has 0 atom stereocenters. The van der Waals surface area contributed by atoms with Crippen LogP contribution in [0.25, 0.3) is 0 Å². The lowest BCUT2D eigenvalue weighted by atomic mass is 9.86. The molecule has 0 spiro atoms. The van der Waals surface area contributed by atoms with Crippen LogP contribution in [-0.4, -0.2) is 46.8 Å². The molecule has 0 unspecified atom stereocenters. The van der Waals surface area contributed by atoms with E-state index in [2.05, 4.69) is 27.3 Å². The zero-order chi connectivity index (χ0) is 15.2. The molecule has 1 saturated carbocycles. The van der Waals surface area contributed by atoms with Gasteiger partial charge in [-0.2, -0.15) is 0 Å². The lowest BCUT2D eigenvalue weighted by molar-refractivity contribution is 0.152. The van der Waals surface area contributed by atoms with Gasteiger partial charge in [-0.15, -0.1) is 0 Å². The van der Waals surface area contributed by atoms with E-state index < -0.39 is 0 Å². The Kier molecular flexibility index (Phi) is 5.82. The molecular formula is C18H29N3O. The standard InChI is InChI=1S/C18H29N3O/c22-14-16-1-3-17(4-2-16)20-18-7-11-21(12-8-18)13-15-5-9-19-10-6-15/h5-6,9-10,16-18,20,22H,1-4,7-8,11-14H2. The molecule has 1 aliphatic heterocycles. The number of aliphatic hydroxyl groups excluding tert-OH is 1. The summed E-state index contributed by atoms with van der Waals surface area (Å²) in [7, 11) is 0. The van der Waals surface area contributed by atoms with Crippen molar-refractivity contribution < 1.29 is 5.11 Å². The van der Waals surface area contributed by atoms with Crippen LogP contribution in [0.15, 0.2) is 24.5 Å². The molecule has 2 N–H and O–H groups in total. The number of hydrogen-bond donors (Lipinski definition) is 2. The van der Waals surface area contributed by atoms with E-state index in [9.17, 15) is 5.11 Å². The van der Waals surface area contributed by atoms with E-state index in [0.29, 0.717) is 24.6 Å². The normalized spacial score (nSPS) is 27.9. The molecule has 0 aromatic carbocycles. The van der Waals surface area contributed by atoms with Gasteiger partial charge >= 0.3 is 0 Å². The van der Waals surface area contributed by atoms with Gasteiger partial charge in [-0.25, -0.2) is 0 Å². The van der Waals surface area contributed by atoms with Crippen LogP contribution in [0.1, 0.15) is 44.1 Å². The first-order valence-corrected chi connectivity index (χ1v) is 8.81. The summed E-state index contributed by atoms with van der Waals surface area (Å²) in [4.78, 5) is 6.63. The maximum Gasteiger partial charge on any atom is 0.0459 e. The first kappa shape index (κ1) is 15.9. The second kappa shape index (κ2) is 8.04. The lowest BCUT2D eigenvalue weighted by Crippen LogP contribution is -2.47. The predicted octanol–water partition coefficient (Wildman–Crippen LogP) is 2.19. The van der Waals surface area contributed by atoms with E-state index >= 15 is 0 Å². The molecule has 0 amide bonds. The van der Waals surface area contributed by atoms with Gasteiger partial charge in [0.25, 0.3) is 0 Å². The predicted molar refractivity (Wildman–Crippen MR) is 88.5 cm³/mol. The molecular weight excluding hydrogens is 274 g/mol. The maximum absolute atomic E-state index is 9.22. The van der Waals surface area contributed by atoms with Crippen LogP contribution in [0.4, 0.5) is 0 Å². The SMILES string of the molecule is OCC1CCC(NC2CCN(Cc3ccncc3)CC2)CC1. The van der Waals surface area contributed by atoms with Gasteiger partial charge in [-0.05, 0) is 75.2 Å². The fraction of sp³-hybridized carbons (Fsp3) is 0.722. The Bertz CT molecular complexity index is 423. The molecule has 122 valence electrons. The fourth-order valence-corrected chi connectivity index (χ4v) is 3.85. The number of aliphatic hydroxyl groups is 1. The highest BCUT2D eigenvalue weighted by Gasteiger charge is 2.25. The van der Waals surface area contributed by atoms with Gasteiger partial charge in [0.1, 0.15) is 0 Å². The van der Waals surface area contributed by atoms with Crippen LogP contribution < -0.4 is 5.32 Å². The van der Waals surface area contributed by atoms with Crippen LogP contribution in [0.5, 0.6) is 0 Å². The smallest absolute Gasteiger partial charge is 0.0459 e. The number of rotatable bonds is 5. The quantitative estimate of drug-likeness (QED) is 0.875. The molecule has 1 aromatic heterocycles. The van der Waals surface area contributed by atoms with Crippen molar-refractivity contribution in [2.24, 2.45) is 5.92 Å². The molecule has 2 heterocycles. The van der Waals surface area contributed by atoms with Crippen molar-refractivity contribution >= 4 is 0 Å². The minimum atomic E-state index is 0.375. The Labute approximate surface area is 133 Å². The molecule has 2 fully saturated rings. The van der Waals surface area contributed by atoms with Gasteiger partial charge in [-0.1, -0.05) is 0 Å². The molecule has 1 saturated heterocycles. The summed E-state index contributed by atoms with van der Waals surface area (Å²) < 4.78 is 0. The van der Waals surface area contributed by atoms with E-state index in [0.717, 1.165) is 6.54 Å². The largest absolute Gasteiger partial charge is 0.396 e. The third-order valence-corrected chi connectivity index (χ3v) is 5.32. The van der Waals surface area contributed by atoms with Crippen LogP contribution in [-0.2, 0) is 6.54 Å². The van der Waals surface area contributed by atoms with Crippen molar-refractivity contribution in [3.63, 3.8) is 0 Å². The summed E-state index contributed by atoms with van der Waals surface area (Å²) >= 11 is 0. The third kappa shape index (κ3) is 4.51. The first-order valence-electron chi connectivity index (χ1n) is 8.81. The van der Waals surface area contributed by atoms with Crippen molar-refractivity contribution in [3.05, 3.63) is 30.1 Å². The molecule has 3 rings (SSSR count). The van der Waals surface area contributed by atoms with E-state index in [-0.39, 0.29) is 0 Å². The summed E-state index contributed by atoms with van der Waals surface area (Å²) in [6, 6.07) is 5.59. The van der Waals surface area contributed by atoms with Crippen LogP contribution >= 0.6 is 0 Å². The van der Waals surface area contributed by atoms with Gasteiger partial charge in [0.2, 0.25) is 0 Å². The molecule has 2 aliphatic rings. The Hall–Kier alpha value is -0.970. The van der Waals surface area contributed by atoms with E-state index in [4.69, 9.17) is 0 Å². The van der Waals surface area contributed by atoms with Crippen LogP contribution in [0.2, 0.25) is 0 Å². The van der Waals surface area contributed by atoms with Crippen molar-refractivity contribution in [3.8, 4) is 0 Å². The highest BCUT2D eigenvalue weighted by atomic mass is 16.3. The average molecular weight is 303 g/mol. The molecule has 1 aliphatic carbocycles. The molecule has 4 nitrogen and oxygen atoms in total. The van der Waals surface area contributed by atoms with Crippen molar-refractivity contribution in [1.29, 1.82) is 0 Å². The fourth-order valence-electron chi connectivity index (χ4n) is 3.85. The summed E-state index contributed by atoms with van der Waals surface area (Å²) in [5.74, 6) is 0.556. The van der Waals surface area contributed by atoms with Crippen LogP contribution in [0.3, 0.4) is 0 Å². The Morgan fingerprint density at radius 2 is 1.64 bits per heavy atom. The average Bonchev–Trinajstić information content (AvgIpc) is 2.58. The number of nitrogens with one attached hydrogen (secondary N) is 1. The number of likely N-dealkylation sites (tertiary alicyclic amines) is 1. The van der Waals surface area contributed by atoms with Crippen LogP contribution in [0, 0.1) is 5.92 Å². The zero-order valence-electron chi connectivity index (χ0n) is 13.5. The van der Waals surface area contributed by atoms with Gasteiger partial charge < -0.3 is 10.4 Å². The van der Waals surface area contributed by atoms with Gasteiger partial charge in [0, 0.05) is 37.6 Å². The topological polar surface area (TPSA) is 48.4 Å². The number of hydrogen-bond acceptors (Lipinski definition) is 4. The summed E-state index contributed by atoms with van der Waals surface area (Å²) in [5, 5.41) is 13.1. The number of pyridine rings is 1. The van der Waals surface area contributed by atoms with Crippen molar-refractivity contribution in [2.45, 2.75) is 57.2 Å².